The van der Waals surface area contributed by atoms with Gasteiger partial charge < -0.3 is 10.6 Å². The normalized spacial score (nSPS) is 21.0. The maximum absolute atomic E-state index is 4.29. The molecule has 2 N–H and O–H groups in total. The van der Waals surface area contributed by atoms with E-state index in [0.717, 1.165) is 17.9 Å². The van der Waals surface area contributed by atoms with Crippen molar-refractivity contribution in [2.75, 3.05) is 18.9 Å². The number of pyridine rings is 1. The van der Waals surface area contributed by atoms with Crippen molar-refractivity contribution in [1.82, 2.24) is 10.3 Å². The van der Waals surface area contributed by atoms with Crippen LogP contribution in [-0.2, 0) is 0 Å². The van der Waals surface area contributed by atoms with E-state index in [4.69, 9.17) is 0 Å². The van der Waals surface area contributed by atoms with Gasteiger partial charge >= 0.3 is 0 Å². The molecule has 1 aromatic rings. The summed E-state index contributed by atoms with van der Waals surface area (Å²) in [5, 5.41) is 6.47. The van der Waals surface area contributed by atoms with Crippen LogP contribution in [0.5, 0.6) is 0 Å². The SMILES string of the molecule is CNC1CNc2cccnc21. The molecule has 0 aromatic carbocycles. The van der Waals surface area contributed by atoms with Gasteiger partial charge in [0.25, 0.3) is 0 Å². The van der Waals surface area contributed by atoms with Gasteiger partial charge in [0.05, 0.1) is 17.4 Å². The molecule has 0 spiro atoms. The van der Waals surface area contributed by atoms with Crippen LogP contribution in [0.3, 0.4) is 0 Å². The number of fused-ring (bicyclic) bond motifs is 1. The molecule has 1 atom stereocenters. The molecule has 58 valence electrons. The molecule has 3 nitrogen and oxygen atoms in total. The topological polar surface area (TPSA) is 37.0 Å². The highest BCUT2D eigenvalue weighted by molar-refractivity contribution is 5.53. The number of anilines is 1. The van der Waals surface area contributed by atoms with Crippen LogP contribution >= 0.6 is 0 Å². The van der Waals surface area contributed by atoms with E-state index in [1.54, 1.807) is 0 Å². The van der Waals surface area contributed by atoms with E-state index < -0.39 is 0 Å². The molecule has 2 rings (SSSR count). The lowest BCUT2D eigenvalue weighted by molar-refractivity contribution is 0.632. The Kier molecular flexibility index (Phi) is 1.51. The Bertz CT molecular complexity index is 259. The summed E-state index contributed by atoms with van der Waals surface area (Å²) in [6, 6.07) is 4.38. The Labute approximate surface area is 65.8 Å². The lowest BCUT2D eigenvalue weighted by Gasteiger charge is -2.05. The fourth-order valence-electron chi connectivity index (χ4n) is 1.39. The summed E-state index contributed by atoms with van der Waals surface area (Å²) >= 11 is 0. The lowest BCUT2D eigenvalue weighted by Crippen LogP contribution is -2.18. The molecule has 0 fully saturated rings. The van der Waals surface area contributed by atoms with Crippen LogP contribution in [0.15, 0.2) is 18.3 Å². The van der Waals surface area contributed by atoms with Crippen molar-refractivity contribution in [3.05, 3.63) is 24.0 Å². The van der Waals surface area contributed by atoms with Crippen LogP contribution in [0.4, 0.5) is 5.69 Å². The fourth-order valence-corrected chi connectivity index (χ4v) is 1.39. The highest BCUT2D eigenvalue weighted by Crippen LogP contribution is 2.25. The third-order valence-electron chi connectivity index (χ3n) is 2.01. The smallest absolute Gasteiger partial charge is 0.0821 e. The quantitative estimate of drug-likeness (QED) is 0.619. The first-order chi connectivity index (χ1) is 5.42. The van der Waals surface area contributed by atoms with E-state index >= 15 is 0 Å². The molecular formula is C8H11N3. The fraction of sp³-hybridized carbons (Fsp3) is 0.375. The average molecular weight is 149 g/mol. The summed E-state index contributed by atoms with van der Waals surface area (Å²) in [5.41, 5.74) is 2.29. The van der Waals surface area contributed by atoms with Crippen molar-refractivity contribution in [1.29, 1.82) is 0 Å². The van der Waals surface area contributed by atoms with Gasteiger partial charge in [0.1, 0.15) is 0 Å². The molecule has 0 bridgehead atoms. The van der Waals surface area contributed by atoms with Crippen molar-refractivity contribution >= 4 is 5.69 Å². The molecule has 3 heteroatoms. The molecule has 0 radical (unpaired) electrons. The molecule has 2 heterocycles. The van der Waals surface area contributed by atoms with Crippen molar-refractivity contribution < 1.29 is 0 Å². The average Bonchev–Trinajstić information content (AvgIpc) is 2.47. The molecule has 1 unspecified atom stereocenters. The number of hydrogen-bond acceptors (Lipinski definition) is 3. The van der Waals surface area contributed by atoms with Crippen LogP contribution < -0.4 is 10.6 Å². The van der Waals surface area contributed by atoms with Gasteiger partial charge in [-0.3, -0.25) is 4.98 Å². The predicted molar refractivity (Wildman–Crippen MR) is 44.5 cm³/mol. The second-order valence-electron chi connectivity index (χ2n) is 2.66. The van der Waals surface area contributed by atoms with E-state index in [0.29, 0.717) is 6.04 Å². The van der Waals surface area contributed by atoms with Crippen LogP contribution in [-0.4, -0.2) is 18.6 Å². The summed E-state index contributed by atoms with van der Waals surface area (Å²) < 4.78 is 0. The second-order valence-corrected chi connectivity index (χ2v) is 2.66. The Hall–Kier alpha value is -1.09. The monoisotopic (exact) mass is 149 g/mol. The van der Waals surface area contributed by atoms with Gasteiger partial charge in [-0.25, -0.2) is 0 Å². The van der Waals surface area contributed by atoms with Crippen LogP contribution in [0, 0.1) is 0 Å². The first-order valence-electron chi connectivity index (χ1n) is 3.78. The Morgan fingerprint density at radius 2 is 2.64 bits per heavy atom. The number of hydrogen-bond donors (Lipinski definition) is 2. The highest BCUT2D eigenvalue weighted by atomic mass is 15.0. The van der Waals surface area contributed by atoms with E-state index in [2.05, 4.69) is 21.7 Å². The minimum absolute atomic E-state index is 0.381. The van der Waals surface area contributed by atoms with Gasteiger partial charge in [-0.15, -0.1) is 0 Å². The highest BCUT2D eigenvalue weighted by Gasteiger charge is 2.20. The first kappa shape index (κ1) is 6.61. The molecule has 0 saturated carbocycles. The number of nitrogens with one attached hydrogen (secondary N) is 2. The standard InChI is InChI=1S/C8H11N3/c1-9-7-5-11-6-3-2-4-10-8(6)7/h2-4,7,9,11H,5H2,1H3. The molecule has 1 aromatic heterocycles. The molecule has 0 amide bonds. The minimum Gasteiger partial charge on any atom is -0.382 e. The Balaban J connectivity index is 2.39. The number of likely N-dealkylation sites (N-methyl/N-ethyl adjacent to an activating group) is 1. The number of nitrogens with zero attached hydrogens (tertiary/aromatic N) is 1. The Morgan fingerprint density at radius 3 is 3.45 bits per heavy atom. The van der Waals surface area contributed by atoms with Gasteiger partial charge in [-0.1, -0.05) is 0 Å². The zero-order valence-electron chi connectivity index (χ0n) is 6.46. The molecular weight excluding hydrogens is 138 g/mol. The van der Waals surface area contributed by atoms with Gasteiger partial charge in [0, 0.05) is 12.7 Å². The maximum atomic E-state index is 4.29. The summed E-state index contributed by atoms with van der Waals surface area (Å²) in [6.45, 7) is 0.947. The summed E-state index contributed by atoms with van der Waals surface area (Å²) in [4.78, 5) is 4.29. The third-order valence-corrected chi connectivity index (χ3v) is 2.01. The van der Waals surface area contributed by atoms with Crippen LogP contribution in [0.25, 0.3) is 0 Å². The van der Waals surface area contributed by atoms with Gasteiger partial charge in [0.15, 0.2) is 0 Å². The van der Waals surface area contributed by atoms with Crippen molar-refractivity contribution in [2.24, 2.45) is 0 Å². The number of aromatic nitrogens is 1. The molecule has 1 aliphatic heterocycles. The van der Waals surface area contributed by atoms with Crippen molar-refractivity contribution in [3.63, 3.8) is 0 Å². The second kappa shape index (κ2) is 2.51. The van der Waals surface area contributed by atoms with Crippen molar-refractivity contribution in [3.8, 4) is 0 Å². The first-order valence-corrected chi connectivity index (χ1v) is 3.78. The summed E-state index contributed by atoms with van der Waals surface area (Å²) in [5.74, 6) is 0. The molecule has 1 aliphatic rings. The van der Waals surface area contributed by atoms with Crippen LogP contribution in [0.1, 0.15) is 11.7 Å². The van der Waals surface area contributed by atoms with E-state index in [1.807, 2.05) is 19.3 Å². The molecule has 0 saturated heterocycles. The Morgan fingerprint density at radius 1 is 1.73 bits per heavy atom. The lowest BCUT2D eigenvalue weighted by atomic mass is 10.2. The predicted octanol–water partition coefficient (Wildman–Crippen LogP) is 0.768. The van der Waals surface area contributed by atoms with Gasteiger partial charge in [-0.05, 0) is 19.2 Å². The van der Waals surface area contributed by atoms with Crippen LogP contribution in [0.2, 0.25) is 0 Å². The zero-order chi connectivity index (χ0) is 7.68. The van der Waals surface area contributed by atoms with Gasteiger partial charge in [0.2, 0.25) is 0 Å². The van der Waals surface area contributed by atoms with E-state index in [9.17, 15) is 0 Å². The third kappa shape index (κ3) is 0.973. The van der Waals surface area contributed by atoms with Gasteiger partial charge in [-0.2, -0.15) is 0 Å². The van der Waals surface area contributed by atoms with E-state index in [-0.39, 0.29) is 0 Å². The molecule has 0 aliphatic carbocycles. The van der Waals surface area contributed by atoms with E-state index in [1.165, 1.54) is 0 Å². The molecule has 11 heavy (non-hydrogen) atoms. The van der Waals surface area contributed by atoms with Crippen molar-refractivity contribution in [2.45, 2.75) is 6.04 Å². The largest absolute Gasteiger partial charge is 0.382 e. The summed E-state index contributed by atoms with van der Waals surface area (Å²) in [6.07, 6.45) is 1.83. The minimum atomic E-state index is 0.381. The maximum Gasteiger partial charge on any atom is 0.0821 e. The summed E-state index contributed by atoms with van der Waals surface area (Å²) in [7, 11) is 1.95. The number of rotatable bonds is 1. The zero-order valence-corrected chi connectivity index (χ0v) is 6.46.